The molecule has 1 unspecified atom stereocenters. The number of aromatic nitrogens is 1. The second kappa shape index (κ2) is 8.65. The minimum atomic E-state index is -0.669. The van der Waals surface area contributed by atoms with Crippen molar-refractivity contribution in [1.82, 2.24) is 20.5 Å². The monoisotopic (exact) mass is 450 g/mol. The molecule has 172 valence electrons. The third kappa shape index (κ3) is 4.87. The lowest BCUT2D eigenvalue weighted by atomic mass is 9.97. The number of piperidine rings is 1. The first-order chi connectivity index (χ1) is 15.6. The number of pyridine rings is 1. The number of rotatable bonds is 4. The summed E-state index contributed by atoms with van der Waals surface area (Å²) >= 11 is 0. The van der Waals surface area contributed by atoms with Gasteiger partial charge in [0, 0.05) is 43.0 Å². The van der Waals surface area contributed by atoms with E-state index in [0.717, 1.165) is 22.3 Å². The molecular formula is C24H26N4O5. The van der Waals surface area contributed by atoms with E-state index in [1.165, 1.54) is 4.90 Å². The lowest BCUT2D eigenvalue weighted by Crippen LogP contribution is -2.52. The highest BCUT2D eigenvalue weighted by Gasteiger charge is 2.39. The van der Waals surface area contributed by atoms with Gasteiger partial charge in [-0.25, -0.2) is 4.79 Å². The van der Waals surface area contributed by atoms with Gasteiger partial charge in [0.25, 0.3) is 5.91 Å². The topological polar surface area (TPSA) is 118 Å². The Balaban J connectivity index is 1.54. The Morgan fingerprint density at radius 3 is 2.70 bits per heavy atom. The number of hydrogen-bond acceptors (Lipinski definition) is 6. The molecule has 0 saturated carbocycles. The van der Waals surface area contributed by atoms with Crippen molar-refractivity contribution < 1.29 is 23.9 Å². The molecule has 1 aromatic carbocycles. The van der Waals surface area contributed by atoms with Gasteiger partial charge in [-0.1, -0.05) is 12.1 Å². The minimum absolute atomic E-state index is 0.208. The van der Waals surface area contributed by atoms with E-state index in [4.69, 9.17) is 4.74 Å². The van der Waals surface area contributed by atoms with Crippen LogP contribution in [0.15, 0.2) is 36.7 Å². The van der Waals surface area contributed by atoms with Gasteiger partial charge in [0.15, 0.2) is 0 Å². The molecular weight excluding hydrogens is 424 g/mol. The largest absolute Gasteiger partial charge is 0.444 e. The Morgan fingerprint density at radius 2 is 1.97 bits per heavy atom. The molecule has 33 heavy (non-hydrogen) atoms. The van der Waals surface area contributed by atoms with Gasteiger partial charge in [-0.3, -0.25) is 24.7 Å². The Kier molecular flexibility index (Phi) is 5.88. The predicted octanol–water partition coefficient (Wildman–Crippen LogP) is 2.53. The molecule has 9 nitrogen and oxygen atoms in total. The van der Waals surface area contributed by atoms with Crippen molar-refractivity contribution in [3.05, 3.63) is 53.3 Å². The first-order valence-electron chi connectivity index (χ1n) is 10.8. The first-order valence-corrected chi connectivity index (χ1v) is 10.8. The Bertz CT molecular complexity index is 1140. The van der Waals surface area contributed by atoms with Crippen molar-refractivity contribution in [2.75, 3.05) is 0 Å². The van der Waals surface area contributed by atoms with Crippen LogP contribution in [0.5, 0.6) is 0 Å². The number of carbonyl (C=O) groups is 4. The summed E-state index contributed by atoms with van der Waals surface area (Å²) in [5, 5.41) is 5.03. The van der Waals surface area contributed by atoms with Gasteiger partial charge in [0.2, 0.25) is 11.8 Å². The molecule has 1 fully saturated rings. The zero-order valence-electron chi connectivity index (χ0n) is 18.8. The molecule has 9 heteroatoms. The van der Waals surface area contributed by atoms with Crippen LogP contribution < -0.4 is 10.6 Å². The summed E-state index contributed by atoms with van der Waals surface area (Å²) in [5.74, 6) is -0.980. The lowest BCUT2D eigenvalue weighted by Gasteiger charge is -2.29. The van der Waals surface area contributed by atoms with Crippen molar-refractivity contribution in [3.8, 4) is 11.1 Å². The Labute approximate surface area is 191 Å². The van der Waals surface area contributed by atoms with Gasteiger partial charge in [-0.15, -0.1) is 0 Å². The average Bonchev–Trinajstić information content (AvgIpc) is 3.08. The fourth-order valence-corrected chi connectivity index (χ4v) is 4.08. The van der Waals surface area contributed by atoms with Gasteiger partial charge in [-0.2, -0.15) is 0 Å². The minimum Gasteiger partial charge on any atom is -0.444 e. The highest BCUT2D eigenvalue weighted by Crippen LogP contribution is 2.34. The molecule has 1 atom stereocenters. The molecule has 0 spiro atoms. The van der Waals surface area contributed by atoms with Crippen LogP contribution in [-0.2, 0) is 27.4 Å². The highest BCUT2D eigenvalue weighted by molar-refractivity contribution is 6.06. The Morgan fingerprint density at radius 1 is 1.21 bits per heavy atom. The van der Waals surface area contributed by atoms with Crippen molar-refractivity contribution in [3.63, 3.8) is 0 Å². The summed E-state index contributed by atoms with van der Waals surface area (Å²) in [6.07, 6.45) is 3.36. The average molecular weight is 450 g/mol. The van der Waals surface area contributed by atoms with Crippen LogP contribution in [0.25, 0.3) is 11.1 Å². The second-order valence-electron chi connectivity index (χ2n) is 9.17. The summed E-state index contributed by atoms with van der Waals surface area (Å²) in [6.45, 7) is 5.90. The second-order valence-corrected chi connectivity index (χ2v) is 9.17. The van der Waals surface area contributed by atoms with Crippen molar-refractivity contribution in [1.29, 1.82) is 0 Å². The van der Waals surface area contributed by atoms with E-state index in [1.807, 2.05) is 12.1 Å². The van der Waals surface area contributed by atoms with Crippen molar-refractivity contribution >= 4 is 23.8 Å². The molecule has 3 heterocycles. The number of fused-ring (bicyclic) bond motifs is 1. The molecule has 2 aliphatic rings. The lowest BCUT2D eigenvalue weighted by molar-refractivity contribution is -0.136. The van der Waals surface area contributed by atoms with Crippen molar-refractivity contribution in [2.45, 2.75) is 58.3 Å². The molecule has 1 aromatic heterocycles. The van der Waals surface area contributed by atoms with E-state index >= 15 is 0 Å². The van der Waals surface area contributed by atoms with Crippen LogP contribution in [0.1, 0.15) is 55.1 Å². The van der Waals surface area contributed by atoms with Crippen LogP contribution in [0.2, 0.25) is 0 Å². The quantitative estimate of drug-likeness (QED) is 0.692. The number of nitrogens with one attached hydrogen (secondary N) is 2. The highest BCUT2D eigenvalue weighted by atomic mass is 16.6. The smallest absolute Gasteiger partial charge is 0.407 e. The van der Waals surface area contributed by atoms with E-state index in [1.54, 1.807) is 45.3 Å². The number of nitrogens with zero attached hydrogens (tertiary/aromatic N) is 2. The molecule has 0 radical (unpaired) electrons. The normalized spacial score (nSPS) is 18.1. The van der Waals surface area contributed by atoms with Crippen LogP contribution in [0.3, 0.4) is 0 Å². The van der Waals surface area contributed by atoms with Gasteiger partial charge in [-0.05, 0) is 56.0 Å². The number of amides is 4. The maximum atomic E-state index is 13.0. The molecule has 2 aliphatic heterocycles. The van der Waals surface area contributed by atoms with Gasteiger partial charge < -0.3 is 15.0 Å². The number of alkyl carbamates (subject to hydrolysis) is 1. The fourth-order valence-electron chi connectivity index (χ4n) is 4.08. The fraction of sp³-hybridized carbons (Fsp3) is 0.375. The van der Waals surface area contributed by atoms with Crippen LogP contribution in [0, 0.1) is 0 Å². The number of ether oxygens (including phenoxy) is 1. The van der Waals surface area contributed by atoms with Crippen molar-refractivity contribution in [2.24, 2.45) is 0 Å². The van der Waals surface area contributed by atoms with E-state index in [2.05, 4.69) is 15.6 Å². The summed E-state index contributed by atoms with van der Waals surface area (Å²) in [6, 6.07) is 6.68. The maximum absolute atomic E-state index is 13.0. The van der Waals surface area contributed by atoms with Crippen LogP contribution in [-0.4, -0.2) is 45.3 Å². The number of imide groups is 1. The summed E-state index contributed by atoms with van der Waals surface area (Å²) in [4.78, 5) is 54.6. The summed E-state index contributed by atoms with van der Waals surface area (Å²) < 4.78 is 5.26. The van der Waals surface area contributed by atoms with Crippen LogP contribution >= 0.6 is 0 Å². The first kappa shape index (κ1) is 22.4. The van der Waals surface area contributed by atoms with Gasteiger partial charge in [0.05, 0.1) is 0 Å². The summed E-state index contributed by atoms with van der Waals surface area (Å²) in [7, 11) is 0. The number of carbonyl (C=O) groups excluding carboxylic acids is 4. The van der Waals surface area contributed by atoms with E-state index < -0.39 is 23.6 Å². The molecule has 0 aliphatic carbocycles. The van der Waals surface area contributed by atoms with E-state index in [9.17, 15) is 19.2 Å². The van der Waals surface area contributed by atoms with Gasteiger partial charge >= 0.3 is 6.09 Å². The number of benzene rings is 1. The molecule has 2 N–H and O–H groups in total. The molecule has 2 aromatic rings. The van der Waals surface area contributed by atoms with E-state index in [-0.39, 0.29) is 31.3 Å². The Hall–Kier alpha value is -3.75. The summed E-state index contributed by atoms with van der Waals surface area (Å²) in [5.41, 5.74) is 3.17. The molecule has 0 bridgehead atoms. The van der Waals surface area contributed by atoms with Gasteiger partial charge in [0.1, 0.15) is 11.6 Å². The zero-order valence-corrected chi connectivity index (χ0v) is 18.8. The molecule has 1 saturated heterocycles. The van der Waals surface area contributed by atoms with E-state index in [0.29, 0.717) is 12.0 Å². The third-order valence-electron chi connectivity index (χ3n) is 5.52. The standard InChI is InChI=1S/C24H26N4O5/c1-24(2,3)33-23(32)26-11-14-9-15(12-25-10-14)16-5-4-6-17-18(16)13-28(22(17)31)19-7-8-20(29)27-21(19)30/h4-6,9-10,12,19H,7-8,11,13H2,1-3H3,(H,26,32)(H,27,29,30). The number of hydrogen-bond donors (Lipinski definition) is 2. The predicted molar refractivity (Wildman–Crippen MR) is 119 cm³/mol. The SMILES string of the molecule is CC(C)(C)OC(=O)NCc1cncc(-c2cccc3c2CN(C2CCC(=O)NC2=O)C3=O)c1. The van der Waals surface area contributed by atoms with Crippen LogP contribution in [0.4, 0.5) is 4.79 Å². The zero-order chi connectivity index (χ0) is 23.8. The third-order valence-corrected chi connectivity index (χ3v) is 5.52. The maximum Gasteiger partial charge on any atom is 0.407 e. The molecule has 4 amide bonds. The molecule has 4 rings (SSSR count).